The van der Waals surface area contributed by atoms with Crippen LogP contribution in [0.25, 0.3) is 0 Å². The molecule has 0 fully saturated rings. The summed E-state index contributed by atoms with van der Waals surface area (Å²) in [5.74, 6) is -1.73. The third-order valence-corrected chi connectivity index (χ3v) is 5.41. The van der Waals surface area contributed by atoms with Crippen molar-refractivity contribution in [1.29, 1.82) is 0 Å². The molecule has 1 atom stereocenters. The standard InChI is InChI=1S/C20H23FN2O5S/c1-3-11-23-29(26,27)18-6-4-5-16(12-18)20(25)28-14(2)19(24)22-13-15-7-9-17(21)10-8-15/h4-10,12,14,23H,3,11,13H2,1-2H3,(H,22,24)/t14-/m1/s1. The lowest BCUT2D eigenvalue weighted by molar-refractivity contribution is -0.129. The quantitative estimate of drug-likeness (QED) is 0.604. The zero-order valence-corrected chi connectivity index (χ0v) is 17.0. The molecule has 0 saturated carbocycles. The van der Waals surface area contributed by atoms with Gasteiger partial charge in [0.05, 0.1) is 10.5 Å². The van der Waals surface area contributed by atoms with Gasteiger partial charge in [0.25, 0.3) is 5.91 Å². The van der Waals surface area contributed by atoms with Gasteiger partial charge in [0, 0.05) is 13.1 Å². The molecule has 7 nitrogen and oxygen atoms in total. The van der Waals surface area contributed by atoms with Gasteiger partial charge < -0.3 is 10.1 Å². The number of hydrogen-bond donors (Lipinski definition) is 2. The van der Waals surface area contributed by atoms with Crippen LogP contribution >= 0.6 is 0 Å². The summed E-state index contributed by atoms with van der Waals surface area (Å²) in [6, 6.07) is 11.0. The number of amides is 1. The molecule has 2 aromatic carbocycles. The van der Waals surface area contributed by atoms with Crippen LogP contribution in [0.15, 0.2) is 53.4 Å². The molecule has 156 valence electrons. The first kappa shape index (κ1) is 22.5. The van der Waals surface area contributed by atoms with E-state index < -0.39 is 28.0 Å². The second-order valence-electron chi connectivity index (χ2n) is 6.32. The lowest BCUT2D eigenvalue weighted by Gasteiger charge is -2.14. The van der Waals surface area contributed by atoms with Crippen LogP contribution in [-0.4, -0.2) is 32.9 Å². The Balaban J connectivity index is 1.97. The number of nitrogens with one attached hydrogen (secondary N) is 2. The van der Waals surface area contributed by atoms with Gasteiger partial charge in [-0.05, 0) is 49.2 Å². The maximum Gasteiger partial charge on any atom is 0.338 e. The summed E-state index contributed by atoms with van der Waals surface area (Å²) in [5.41, 5.74) is 0.707. The Morgan fingerprint density at radius 2 is 1.83 bits per heavy atom. The molecular formula is C20H23FN2O5S. The molecular weight excluding hydrogens is 399 g/mol. The van der Waals surface area contributed by atoms with E-state index in [4.69, 9.17) is 4.74 Å². The Bertz CT molecular complexity index is 961. The summed E-state index contributed by atoms with van der Waals surface area (Å²) >= 11 is 0. The molecule has 0 aromatic heterocycles. The average Bonchev–Trinajstić information content (AvgIpc) is 2.71. The van der Waals surface area contributed by atoms with E-state index in [0.29, 0.717) is 12.0 Å². The number of carbonyl (C=O) groups is 2. The number of esters is 1. The molecule has 0 unspecified atom stereocenters. The molecule has 0 aliphatic heterocycles. The third kappa shape index (κ3) is 6.65. The van der Waals surface area contributed by atoms with Gasteiger partial charge in [-0.3, -0.25) is 4.79 Å². The first-order valence-electron chi connectivity index (χ1n) is 9.06. The van der Waals surface area contributed by atoms with Gasteiger partial charge in [-0.2, -0.15) is 0 Å². The molecule has 29 heavy (non-hydrogen) atoms. The predicted molar refractivity (Wildman–Crippen MR) is 105 cm³/mol. The van der Waals surface area contributed by atoms with Crippen LogP contribution < -0.4 is 10.0 Å². The maximum atomic E-state index is 12.9. The highest BCUT2D eigenvalue weighted by atomic mass is 32.2. The zero-order chi connectivity index (χ0) is 21.4. The number of rotatable bonds is 9. The smallest absolute Gasteiger partial charge is 0.338 e. The van der Waals surface area contributed by atoms with Crippen LogP contribution in [0.3, 0.4) is 0 Å². The van der Waals surface area contributed by atoms with Crippen molar-refractivity contribution in [3.8, 4) is 0 Å². The summed E-state index contributed by atoms with van der Waals surface area (Å²) in [7, 11) is -3.73. The van der Waals surface area contributed by atoms with Crippen molar-refractivity contribution in [2.24, 2.45) is 0 Å². The average molecular weight is 422 g/mol. The molecule has 0 bridgehead atoms. The number of carbonyl (C=O) groups excluding carboxylic acids is 2. The van der Waals surface area contributed by atoms with E-state index in [1.165, 1.54) is 55.5 Å². The largest absolute Gasteiger partial charge is 0.449 e. The number of benzene rings is 2. The van der Waals surface area contributed by atoms with Crippen molar-refractivity contribution in [1.82, 2.24) is 10.0 Å². The summed E-state index contributed by atoms with van der Waals surface area (Å²) in [4.78, 5) is 24.4. The maximum absolute atomic E-state index is 12.9. The van der Waals surface area contributed by atoms with Crippen molar-refractivity contribution in [3.63, 3.8) is 0 Å². The first-order valence-corrected chi connectivity index (χ1v) is 10.5. The highest BCUT2D eigenvalue weighted by molar-refractivity contribution is 7.89. The number of halogens is 1. The molecule has 0 saturated heterocycles. The lowest BCUT2D eigenvalue weighted by Crippen LogP contribution is -2.35. The fourth-order valence-corrected chi connectivity index (χ4v) is 3.51. The fourth-order valence-electron chi connectivity index (χ4n) is 2.33. The van der Waals surface area contributed by atoms with Crippen molar-refractivity contribution in [2.45, 2.75) is 37.8 Å². The Hall–Kier alpha value is -2.78. The zero-order valence-electron chi connectivity index (χ0n) is 16.1. The van der Waals surface area contributed by atoms with E-state index >= 15 is 0 Å². The molecule has 9 heteroatoms. The second kappa shape index (κ2) is 10.1. The molecule has 2 rings (SSSR count). The number of sulfonamides is 1. The Morgan fingerprint density at radius 3 is 2.48 bits per heavy atom. The van der Waals surface area contributed by atoms with Crippen LogP contribution in [0.1, 0.15) is 36.2 Å². The summed E-state index contributed by atoms with van der Waals surface area (Å²) < 4.78 is 44.8. The fraction of sp³-hybridized carbons (Fsp3) is 0.300. The highest BCUT2D eigenvalue weighted by Crippen LogP contribution is 2.13. The Morgan fingerprint density at radius 1 is 1.14 bits per heavy atom. The third-order valence-electron chi connectivity index (χ3n) is 3.96. The second-order valence-corrected chi connectivity index (χ2v) is 8.08. The predicted octanol–water partition coefficient (Wildman–Crippen LogP) is 2.38. The van der Waals surface area contributed by atoms with Gasteiger partial charge >= 0.3 is 5.97 Å². The van der Waals surface area contributed by atoms with Crippen molar-refractivity contribution in [3.05, 3.63) is 65.5 Å². The number of ether oxygens (including phenoxy) is 1. The van der Waals surface area contributed by atoms with Crippen LogP contribution in [0.5, 0.6) is 0 Å². The van der Waals surface area contributed by atoms with Gasteiger partial charge in [-0.15, -0.1) is 0 Å². The molecule has 0 aliphatic rings. The van der Waals surface area contributed by atoms with E-state index in [-0.39, 0.29) is 29.4 Å². The Kier molecular flexibility index (Phi) is 7.86. The van der Waals surface area contributed by atoms with Crippen LogP contribution in [0.2, 0.25) is 0 Å². The van der Waals surface area contributed by atoms with Gasteiger partial charge in [0.1, 0.15) is 5.82 Å². The number of hydrogen-bond acceptors (Lipinski definition) is 5. The van der Waals surface area contributed by atoms with Crippen LogP contribution in [0, 0.1) is 5.82 Å². The van der Waals surface area contributed by atoms with Crippen LogP contribution in [0.4, 0.5) is 4.39 Å². The topological polar surface area (TPSA) is 102 Å². The normalized spacial score (nSPS) is 12.2. The molecule has 0 radical (unpaired) electrons. The van der Waals surface area contributed by atoms with Gasteiger partial charge in [0.2, 0.25) is 10.0 Å². The van der Waals surface area contributed by atoms with Crippen molar-refractivity contribution in [2.75, 3.05) is 6.54 Å². The molecule has 0 aliphatic carbocycles. The van der Waals surface area contributed by atoms with Crippen molar-refractivity contribution < 1.29 is 27.1 Å². The van der Waals surface area contributed by atoms with Gasteiger partial charge in [0.15, 0.2) is 6.10 Å². The van der Waals surface area contributed by atoms with E-state index in [1.54, 1.807) is 0 Å². The summed E-state index contributed by atoms with van der Waals surface area (Å²) in [5, 5.41) is 2.59. The Labute approximate surface area is 169 Å². The van der Waals surface area contributed by atoms with E-state index in [1.807, 2.05) is 6.92 Å². The summed E-state index contributed by atoms with van der Waals surface area (Å²) in [6.07, 6.45) is -0.465. The van der Waals surface area contributed by atoms with E-state index in [2.05, 4.69) is 10.0 Å². The van der Waals surface area contributed by atoms with E-state index in [9.17, 15) is 22.4 Å². The minimum absolute atomic E-state index is 0.0163. The minimum Gasteiger partial charge on any atom is -0.449 e. The van der Waals surface area contributed by atoms with Crippen LogP contribution in [-0.2, 0) is 26.1 Å². The molecule has 0 spiro atoms. The first-order chi connectivity index (χ1) is 13.7. The SMILES string of the molecule is CCCNS(=O)(=O)c1cccc(C(=O)O[C@H](C)C(=O)NCc2ccc(F)cc2)c1. The molecule has 1 amide bonds. The molecule has 2 N–H and O–H groups in total. The summed E-state index contributed by atoms with van der Waals surface area (Å²) in [6.45, 7) is 3.67. The lowest BCUT2D eigenvalue weighted by atomic mass is 10.2. The molecule has 0 heterocycles. The van der Waals surface area contributed by atoms with E-state index in [0.717, 1.165) is 0 Å². The van der Waals surface area contributed by atoms with Crippen molar-refractivity contribution >= 4 is 21.9 Å². The molecule has 2 aromatic rings. The monoisotopic (exact) mass is 422 g/mol. The van der Waals surface area contributed by atoms with Gasteiger partial charge in [-0.25, -0.2) is 22.3 Å². The minimum atomic E-state index is -3.73. The highest BCUT2D eigenvalue weighted by Gasteiger charge is 2.21. The van der Waals surface area contributed by atoms with Gasteiger partial charge in [-0.1, -0.05) is 25.1 Å².